The van der Waals surface area contributed by atoms with Crippen LogP contribution in [-0.2, 0) is 17.5 Å². The average molecular weight is 387 g/mol. The molecule has 2 aromatic carbocycles. The molecule has 0 radical (unpaired) electrons. The van der Waals surface area contributed by atoms with Crippen molar-refractivity contribution in [2.45, 2.75) is 18.8 Å². The van der Waals surface area contributed by atoms with Crippen molar-refractivity contribution in [1.29, 1.82) is 0 Å². The molecular formula is C20H16F3N3O2. The summed E-state index contributed by atoms with van der Waals surface area (Å²) in [4.78, 5) is 14.5. The summed E-state index contributed by atoms with van der Waals surface area (Å²) in [7, 11) is 1.50. The second-order valence-corrected chi connectivity index (χ2v) is 6.43. The molecule has 1 N–H and O–H groups in total. The number of alkyl halides is 3. The van der Waals surface area contributed by atoms with Crippen LogP contribution in [-0.4, -0.2) is 23.2 Å². The van der Waals surface area contributed by atoms with Crippen LogP contribution < -0.4 is 4.90 Å². The van der Waals surface area contributed by atoms with Gasteiger partial charge >= 0.3 is 6.18 Å². The van der Waals surface area contributed by atoms with Crippen LogP contribution in [0.1, 0.15) is 38.9 Å². The summed E-state index contributed by atoms with van der Waals surface area (Å²) in [5, 5.41) is 6.88. The molecule has 5 nitrogen and oxygen atoms in total. The number of hydrogen-bond donors (Lipinski definition) is 1. The van der Waals surface area contributed by atoms with Gasteiger partial charge in [-0.25, -0.2) is 0 Å². The maximum absolute atomic E-state index is 13.3. The lowest BCUT2D eigenvalue weighted by molar-refractivity contribution is -0.137. The van der Waals surface area contributed by atoms with Crippen molar-refractivity contribution in [2.75, 3.05) is 12.0 Å². The molecule has 1 aliphatic heterocycles. The minimum atomic E-state index is -4.48. The summed E-state index contributed by atoms with van der Waals surface area (Å²) in [6.45, 7) is 0.160. The van der Waals surface area contributed by atoms with E-state index in [0.717, 1.165) is 12.1 Å². The molecule has 8 heteroatoms. The molecule has 1 aliphatic rings. The first kappa shape index (κ1) is 18.2. The Balaban J connectivity index is 1.91. The number of nitrogens with zero attached hydrogens (tertiary/aromatic N) is 2. The number of halogens is 3. The maximum atomic E-state index is 13.3. The van der Waals surface area contributed by atoms with Gasteiger partial charge in [-0.1, -0.05) is 30.3 Å². The van der Waals surface area contributed by atoms with Crippen molar-refractivity contribution >= 4 is 11.6 Å². The molecule has 2 heterocycles. The number of para-hydroxylation sites is 1. The zero-order valence-electron chi connectivity index (χ0n) is 14.8. The predicted molar refractivity (Wildman–Crippen MR) is 95.8 cm³/mol. The van der Waals surface area contributed by atoms with Crippen LogP contribution in [0.3, 0.4) is 0 Å². The summed E-state index contributed by atoms with van der Waals surface area (Å²) in [5.74, 6) is -0.373. The first-order chi connectivity index (χ1) is 13.4. The summed E-state index contributed by atoms with van der Waals surface area (Å²) in [5.41, 5.74) is 1.46. The third-order valence-electron chi connectivity index (χ3n) is 4.69. The Labute approximate surface area is 158 Å². The van der Waals surface area contributed by atoms with Gasteiger partial charge in [-0.2, -0.15) is 18.3 Å². The predicted octanol–water partition coefficient (Wildman–Crippen LogP) is 4.32. The largest absolute Gasteiger partial charge is 0.416 e. The molecule has 0 bridgehead atoms. The van der Waals surface area contributed by atoms with Crippen LogP contribution in [0.4, 0.5) is 18.9 Å². The summed E-state index contributed by atoms with van der Waals surface area (Å²) < 4.78 is 45.0. The highest BCUT2D eigenvalue weighted by molar-refractivity contribution is 6.10. The average Bonchev–Trinajstić information content (AvgIpc) is 3.21. The van der Waals surface area contributed by atoms with Gasteiger partial charge in [0.15, 0.2) is 5.69 Å². The van der Waals surface area contributed by atoms with E-state index in [1.54, 1.807) is 36.4 Å². The number of aromatic amines is 1. The number of hydrogen-bond acceptors (Lipinski definition) is 3. The molecule has 1 aromatic heterocycles. The van der Waals surface area contributed by atoms with Crippen molar-refractivity contribution in [3.05, 3.63) is 82.7 Å². The highest BCUT2D eigenvalue weighted by atomic mass is 19.4. The van der Waals surface area contributed by atoms with Gasteiger partial charge in [0, 0.05) is 18.4 Å². The fourth-order valence-electron chi connectivity index (χ4n) is 3.51. The van der Waals surface area contributed by atoms with Crippen LogP contribution >= 0.6 is 0 Å². The smallest absolute Gasteiger partial charge is 0.378 e. The van der Waals surface area contributed by atoms with E-state index < -0.39 is 17.8 Å². The molecule has 0 spiro atoms. The zero-order valence-corrected chi connectivity index (χ0v) is 14.8. The van der Waals surface area contributed by atoms with Crippen LogP contribution in [0, 0.1) is 0 Å². The third kappa shape index (κ3) is 2.95. The van der Waals surface area contributed by atoms with Crippen molar-refractivity contribution in [3.8, 4) is 0 Å². The topological polar surface area (TPSA) is 58.2 Å². The molecule has 3 aromatic rings. The van der Waals surface area contributed by atoms with Crippen LogP contribution in [0.25, 0.3) is 0 Å². The molecule has 4 rings (SSSR count). The summed E-state index contributed by atoms with van der Waals surface area (Å²) in [6.07, 6.45) is -4.48. The molecule has 1 unspecified atom stereocenters. The molecule has 1 atom stereocenters. The molecular weight excluding hydrogens is 371 g/mol. The van der Waals surface area contributed by atoms with Gasteiger partial charge in [0.1, 0.15) is 0 Å². The Bertz CT molecular complexity index is 1020. The van der Waals surface area contributed by atoms with Gasteiger partial charge in [-0.05, 0) is 29.8 Å². The van der Waals surface area contributed by atoms with Crippen molar-refractivity contribution in [1.82, 2.24) is 10.2 Å². The molecule has 0 saturated carbocycles. The lowest BCUT2D eigenvalue weighted by atomic mass is 9.97. The van der Waals surface area contributed by atoms with Gasteiger partial charge < -0.3 is 4.74 Å². The SMILES string of the molecule is COCc1[nH]nc2c1C(c1cccc(C(F)(F)F)c1)N(c1ccccc1)C2=O. The molecule has 0 fully saturated rings. The highest BCUT2D eigenvalue weighted by Gasteiger charge is 2.43. The monoisotopic (exact) mass is 387 g/mol. The van der Waals surface area contributed by atoms with Gasteiger partial charge in [0.05, 0.1) is 23.9 Å². The maximum Gasteiger partial charge on any atom is 0.416 e. The second-order valence-electron chi connectivity index (χ2n) is 6.43. The number of H-pyrrole nitrogens is 1. The minimum Gasteiger partial charge on any atom is -0.378 e. The molecule has 28 heavy (non-hydrogen) atoms. The number of nitrogens with one attached hydrogen (secondary N) is 1. The van der Waals surface area contributed by atoms with Crippen molar-refractivity contribution in [2.24, 2.45) is 0 Å². The normalized spacial score (nSPS) is 16.5. The lowest BCUT2D eigenvalue weighted by Gasteiger charge is -2.27. The van der Waals surface area contributed by atoms with Crippen molar-refractivity contribution in [3.63, 3.8) is 0 Å². The molecule has 0 aliphatic carbocycles. The first-order valence-corrected chi connectivity index (χ1v) is 8.53. The molecule has 0 saturated heterocycles. The number of rotatable bonds is 4. The van der Waals surface area contributed by atoms with E-state index in [0.29, 0.717) is 22.5 Å². The molecule has 144 valence electrons. The van der Waals surface area contributed by atoms with Gasteiger partial charge in [-0.15, -0.1) is 0 Å². The van der Waals surface area contributed by atoms with Crippen LogP contribution in [0.15, 0.2) is 54.6 Å². The number of anilines is 1. The van der Waals surface area contributed by atoms with E-state index in [4.69, 9.17) is 4.74 Å². The van der Waals surface area contributed by atoms with Gasteiger partial charge in [0.2, 0.25) is 0 Å². The zero-order chi connectivity index (χ0) is 19.9. The summed E-state index contributed by atoms with van der Waals surface area (Å²) in [6, 6.07) is 13.1. The quantitative estimate of drug-likeness (QED) is 0.725. The fourth-order valence-corrected chi connectivity index (χ4v) is 3.51. The van der Waals surface area contributed by atoms with E-state index in [-0.39, 0.29) is 18.2 Å². The summed E-state index contributed by atoms with van der Waals surface area (Å²) >= 11 is 0. The number of fused-ring (bicyclic) bond motifs is 1. The van der Waals surface area contributed by atoms with E-state index in [2.05, 4.69) is 10.2 Å². The number of ether oxygens (including phenoxy) is 1. The van der Waals surface area contributed by atoms with Crippen LogP contribution in [0.5, 0.6) is 0 Å². The minimum absolute atomic E-state index is 0.160. The number of benzene rings is 2. The Morgan fingerprint density at radius 1 is 1.14 bits per heavy atom. The fraction of sp³-hybridized carbons (Fsp3) is 0.200. The number of carbonyl (C=O) groups is 1. The van der Waals surface area contributed by atoms with E-state index in [1.165, 1.54) is 18.1 Å². The van der Waals surface area contributed by atoms with Gasteiger partial charge in [0.25, 0.3) is 5.91 Å². The highest BCUT2D eigenvalue weighted by Crippen LogP contribution is 2.43. The molecule has 1 amide bonds. The Morgan fingerprint density at radius 2 is 1.89 bits per heavy atom. The van der Waals surface area contributed by atoms with E-state index >= 15 is 0 Å². The van der Waals surface area contributed by atoms with E-state index in [1.807, 2.05) is 0 Å². The van der Waals surface area contributed by atoms with E-state index in [9.17, 15) is 18.0 Å². The van der Waals surface area contributed by atoms with Crippen LogP contribution in [0.2, 0.25) is 0 Å². The first-order valence-electron chi connectivity index (χ1n) is 8.53. The number of amides is 1. The third-order valence-corrected chi connectivity index (χ3v) is 4.69. The number of methoxy groups -OCH3 is 1. The number of aromatic nitrogens is 2. The van der Waals surface area contributed by atoms with Gasteiger partial charge in [-0.3, -0.25) is 14.8 Å². The second kappa shape index (κ2) is 6.79. The standard InChI is InChI=1S/C20H16F3N3O2/c1-28-11-15-16-17(25-24-15)19(27)26(14-8-3-2-4-9-14)18(16)12-6-5-7-13(10-12)20(21,22)23/h2-10,18H,11H2,1H3,(H,24,25). The lowest BCUT2D eigenvalue weighted by Crippen LogP contribution is -2.29. The van der Waals surface area contributed by atoms with Crippen molar-refractivity contribution < 1.29 is 22.7 Å². The Morgan fingerprint density at radius 3 is 2.57 bits per heavy atom. The number of carbonyl (C=O) groups excluding carboxylic acids is 1. The Kier molecular flexibility index (Phi) is 4.43. The Hall–Kier alpha value is -3.13.